The molecule has 0 aliphatic rings. The molecule has 0 saturated carbocycles. The molecule has 0 fully saturated rings. The zero-order valence-electron chi connectivity index (χ0n) is 37.5. The molecule has 10 atom stereocenters. The highest BCUT2D eigenvalue weighted by molar-refractivity contribution is 5.98. The maximum absolute atomic E-state index is 14.3. The number of carboxylic acid groups (broad SMARTS) is 1. The summed E-state index contributed by atoms with van der Waals surface area (Å²) >= 11 is 0. The number of fused-ring (bicyclic) bond motifs is 2. The molecule has 2 heterocycles. The molecule has 0 aliphatic heterocycles. The minimum Gasteiger partial charge on any atom is -0.480 e. The average molecular weight is 950 g/mol. The first-order chi connectivity index (χ1) is 32.1. The van der Waals surface area contributed by atoms with Crippen molar-refractivity contribution in [1.29, 1.82) is 0 Å². The number of carboxylic acids is 1. The Morgan fingerprint density at radius 3 is 1.29 bits per heavy atom. The molecule has 24 heteroatoms. The number of hydrogen-bond donors (Lipinski definition) is 15. The summed E-state index contributed by atoms with van der Waals surface area (Å²) in [6.45, 7) is 3.40. The van der Waals surface area contributed by atoms with Crippen molar-refractivity contribution in [3.05, 3.63) is 72.1 Å². The monoisotopic (exact) mass is 949 g/mol. The lowest BCUT2D eigenvalue weighted by molar-refractivity contribution is -0.145. The fourth-order valence-corrected chi connectivity index (χ4v) is 7.21. The molecule has 0 unspecified atom stereocenters. The molecule has 0 radical (unpaired) electrons. The van der Waals surface area contributed by atoms with Gasteiger partial charge < -0.3 is 79.5 Å². The van der Waals surface area contributed by atoms with Crippen LogP contribution in [0, 0.1) is 0 Å². The molecule has 4 rings (SSSR count). The van der Waals surface area contributed by atoms with E-state index in [-0.39, 0.29) is 25.7 Å². The summed E-state index contributed by atoms with van der Waals surface area (Å²) in [5, 5.41) is 56.6. The van der Waals surface area contributed by atoms with E-state index in [4.69, 9.17) is 17.2 Å². The number of nitrogens with two attached hydrogens (primary N) is 3. The lowest BCUT2D eigenvalue weighted by Crippen LogP contribution is -2.63. The molecule has 4 aromatic rings. The van der Waals surface area contributed by atoms with Gasteiger partial charge >= 0.3 is 5.97 Å². The quantitative estimate of drug-likeness (QED) is 0.0290. The number of aromatic amines is 2. The Morgan fingerprint density at radius 1 is 0.515 bits per heavy atom. The number of rotatable bonds is 26. The van der Waals surface area contributed by atoms with Gasteiger partial charge in [-0.25, -0.2) is 4.79 Å². The van der Waals surface area contributed by atoms with Crippen molar-refractivity contribution in [2.45, 2.75) is 120 Å². The number of H-pyrrole nitrogens is 2. The van der Waals surface area contributed by atoms with E-state index in [0.29, 0.717) is 27.4 Å². The molecular formula is C44H59N11O13. The normalized spacial score (nSPS) is 15.8. The summed E-state index contributed by atoms with van der Waals surface area (Å²) in [6.07, 6.45) is -3.43. The van der Waals surface area contributed by atoms with Crippen molar-refractivity contribution < 1.29 is 63.6 Å². The Morgan fingerprint density at radius 2 is 0.882 bits per heavy atom. The number of nitrogens with one attached hydrogen (secondary N) is 8. The zero-order valence-corrected chi connectivity index (χ0v) is 37.5. The largest absolute Gasteiger partial charge is 0.480 e. The molecule has 0 bridgehead atoms. The van der Waals surface area contributed by atoms with E-state index >= 15 is 0 Å². The second kappa shape index (κ2) is 24.4. The van der Waals surface area contributed by atoms with E-state index in [1.165, 1.54) is 6.92 Å². The lowest BCUT2D eigenvalue weighted by Gasteiger charge is -2.29. The number of primary amides is 2. The molecule has 2 aromatic carbocycles. The second-order valence-electron chi connectivity index (χ2n) is 16.4. The number of para-hydroxylation sites is 2. The van der Waals surface area contributed by atoms with Gasteiger partial charge in [-0.3, -0.25) is 38.4 Å². The number of aromatic nitrogens is 2. The fraction of sp³-hybridized carbons (Fsp3) is 0.432. The van der Waals surface area contributed by atoms with Crippen LogP contribution in [0.5, 0.6) is 0 Å². The van der Waals surface area contributed by atoms with Gasteiger partial charge in [0.1, 0.15) is 30.2 Å². The number of aliphatic hydroxyl groups excluding tert-OH is 3. The van der Waals surface area contributed by atoms with Crippen LogP contribution in [0.1, 0.15) is 57.6 Å². The predicted molar refractivity (Wildman–Crippen MR) is 243 cm³/mol. The highest BCUT2D eigenvalue weighted by Crippen LogP contribution is 2.21. The summed E-state index contributed by atoms with van der Waals surface area (Å²) in [5.41, 5.74) is 18.9. The number of benzene rings is 2. The Hall–Kier alpha value is -7.41. The van der Waals surface area contributed by atoms with Crippen LogP contribution in [0.3, 0.4) is 0 Å². The SMILES string of the molecule is C[C@@H](O)[C@H](NC(=O)[C@H](CCC(N)=O)NC(=O)[C@@H](NC(=O)[C@H](Cc1c[nH]c2ccccc12)NC(=O)[C@@H](NC(=O)[C@H](Cc1c[nH]c2ccccc12)NC(=O)[C@@H](N)CCC(N)=O)[C@@H](C)O)[C@@H](C)O)C(=O)O. The number of amides is 8. The van der Waals surface area contributed by atoms with Gasteiger partial charge in [-0.2, -0.15) is 0 Å². The van der Waals surface area contributed by atoms with E-state index in [1.807, 2.05) is 0 Å². The fourth-order valence-electron chi connectivity index (χ4n) is 7.21. The lowest BCUT2D eigenvalue weighted by atomic mass is 10.0. The summed E-state index contributed by atoms with van der Waals surface area (Å²) in [4.78, 5) is 124. The van der Waals surface area contributed by atoms with Crippen LogP contribution >= 0.6 is 0 Å². The van der Waals surface area contributed by atoms with E-state index in [0.717, 1.165) is 19.4 Å². The van der Waals surface area contributed by atoms with E-state index in [1.54, 1.807) is 60.9 Å². The van der Waals surface area contributed by atoms with Gasteiger partial charge in [0.05, 0.1) is 24.4 Å². The molecule has 18 N–H and O–H groups in total. The number of aliphatic carboxylic acids is 1. The average Bonchev–Trinajstić information content (AvgIpc) is 3.89. The third-order valence-corrected chi connectivity index (χ3v) is 11.0. The Bertz CT molecular complexity index is 2470. The van der Waals surface area contributed by atoms with Crippen molar-refractivity contribution in [3.8, 4) is 0 Å². The number of carbonyl (C=O) groups is 9. The summed E-state index contributed by atoms with van der Waals surface area (Å²) in [7, 11) is 0. The highest BCUT2D eigenvalue weighted by Gasteiger charge is 2.37. The summed E-state index contributed by atoms with van der Waals surface area (Å²) < 4.78 is 0. The third kappa shape index (κ3) is 14.8. The van der Waals surface area contributed by atoms with Crippen LogP contribution in [0.25, 0.3) is 21.8 Å². The molecule has 2 aromatic heterocycles. The van der Waals surface area contributed by atoms with Gasteiger partial charge in [-0.05, 0) is 56.9 Å². The molecule has 24 nitrogen and oxygen atoms in total. The van der Waals surface area contributed by atoms with Crippen molar-refractivity contribution >= 4 is 75.0 Å². The van der Waals surface area contributed by atoms with Gasteiger partial charge in [0.2, 0.25) is 47.3 Å². The van der Waals surface area contributed by atoms with Crippen LogP contribution in [0.4, 0.5) is 0 Å². The van der Waals surface area contributed by atoms with Gasteiger partial charge in [0, 0.05) is 59.9 Å². The minimum absolute atomic E-state index is 0.138. The van der Waals surface area contributed by atoms with Crippen molar-refractivity contribution in [3.63, 3.8) is 0 Å². The molecule has 0 aliphatic carbocycles. The standard InChI is InChI=1S/C44H59N11O13/c1-20(56)35(42(65)50-30(13-15-34(47)60)39(62)55-37(22(3)58)44(67)68)53-41(64)32(17-24-19-49-29-11-7-5-9-26(24)29)52-43(66)36(21(2)57)54-40(63)31(51-38(61)27(45)12-14-33(46)59)16-23-18-48-28-10-6-4-8-25(23)28/h4-11,18-22,27,30-32,35-37,48-49,56-58H,12-17,45H2,1-3H3,(H2,46,59)(H2,47,60)(H,50,65)(H,51,61)(H,52,66)(H,53,64)(H,54,63)(H,55,62)(H,67,68)/t20-,21-,22-,27+,30+,31+,32+,35+,36+,37+/m1/s1. The second-order valence-corrected chi connectivity index (χ2v) is 16.4. The first kappa shape index (κ1) is 53.2. The molecule has 0 saturated heterocycles. The summed E-state index contributed by atoms with van der Waals surface area (Å²) in [5.74, 6) is -9.48. The van der Waals surface area contributed by atoms with Crippen LogP contribution in [-0.2, 0) is 56.0 Å². The number of hydrogen-bond acceptors (Lipinski definition) is 13. The molecular weight excluding hydrogens is 891 g/mol. The van der Waals surface area contributed by atoms with Crippen molar-refractivity contribution in [2.24, 2.45) is 17.2 Å². The molecule has 368 valence electrons. The van der Waals surface area contributed by atoms with Gasteiger partial charge in [-0.1, -0.05) is 36.4 Å². The van der Waals surface area contributed by atoms with Gasteiger partial charge in [-0.15, -0.1) is 0 Å². The van der Waals surface area contributed by atoms with Gasteiger partial charge in [0.25, 0.3) is 0 Å². The van der Waals surface area contributed by atoms with E-state index in [9.17, 15) is 63.6 Å². The molecule has 68 heavy (non-hydrogen) atoms. The molecule has 8 amide bonds. The maximum atomic E-state index is 14.3. The van der Waals surface area contributed by atoms with Gasteiger partial charge in [0.15, 0.2) is 6.04 Å². The van der Waals surface area contributed by atoms with Crippen LogP contribution in [-0.4, -0.2) is 144 Å². The van der Waals surface area contributed by atoms with Crippen LogP contribution in [0.15, 0.2) is 60.9 Å². The zero-order chi connectivity index (χ0) is 50.4. The highest BCUT2D eigenvalue weighted by atomic mass is 16.4. The van der Waals surface area contributed by atoms with Crippen molar-refractivity contribution in [2.75, 3.05) is 0 Å². The Kier molecular flexibility index (Phi) is 19.1. The summed E-state index contributed by atoms with van der Waals surface area (Å²) in [6, 6.07) is 2.65. The van der Waals surface area contributed by atoms with Crippen molar-refractivity contribution in [1.82, 2.24) is 41.9 Å². The smallest absolute Gasteiger partial charge is 0.328 e. The Labute approximate surface area is 388 Å². The van der Waals surface area contributed by atoms with Crippen LogP contribution in [0.2, 0.25) is 0 Å². The Balaban J connectivity index is 1.63. The first-order valence-corrected chi connectivity index (χ1v) is 21.6. The third-order valence-electron chi connectivity index (χ3n) is 11.0. The predicted octanol–water partition coefficient (Wildman–Crippen LogP) is -3.57. The van der Waals surface area contributed by atoms with Crippen LogP contribution < -0.4 is 49.1 Å². The van der Waals surface area contributed by atoms with E-state index < -0.39 is 127 Å². The number of carbonyl (C=O) groups excluding carboxylic acids is 8. The first-order valence-electron chi connectivity index (χ1n) is 21.6. The van der Waals surface area contributed by atoms with E-state index in [2.05, 4.69) is 41.9 Å². The molecule has 0 spiro atoms. The number of aliphatic hydroxyl groups is 3. The maximum Gasteiger partial charge on any atom is 0.328 e. The minimum atomic E-state index is -1.86. The topological polar surface area (TPSA) is 416 Å².